The van der Waals surface area contributed by atoms with Gasteiger partial charge in [-0.25, -0.2) is 9.07 Å². The predicted octanol–water partition coefficient (Wildman–Crippen LogP) is 3.83. The second-order valence-corrected chi connectivity index (χ2v) is 9.00. The second kappa shape index (κ2) is 8.82. The summed E-state index contributed by atoms with van der Waals surface area (Å²) in [4.78, 5) is 21.8. The summed E-state index contributed by atoms with van der Waals surface area (Å²) in [7, 11) is 1.63. The Balaban J connectivity index is 1.28. The highest BCUT2D eigenvalue weighted by Crippen LogP contribution is 2.33. The van der Waals surface area contributed by atoms with Crippen molar-refractivity contribution in [1.82, 2.24) is 19.7 Å². The molecule has 7 nitrogen and oxygen atoms in total. The van der Waals surface area contributed by atoms with Crippen LogP contribution >= 0.6 is 11.3 Å². The number of aromatic nitrogens is 3. The first-order valence-corrected chi connectivity index (χ1v) is 11.6. The Morgan fingerprint density at radius 1 is 1.12 bits per heavy atom. The van der Waals surface area contributed by atoms with Crippen molar-refractivity contribution in [1.29, 1.82) is 0 Å². The summed E-state index contributed by atoms with van der Waals surface area (Å²) in [5.74, 6) is 0.599. The third-order valence-corrected chi connectivity index (χ3v) is 7.05. The van der Waals surface area contributed by atoms with Crippen molar-refractivity contribution in [3.63, 3.8) is 0 Å². The van der Waals surface area contributed by atoms with Gasteiger partial charge in [0.05, 0.1) is 29.6 Å². The lowest BCUT2D eigenvalue weighted by molar-refractivity contribution is -0.130. The van der Waals surface area contributed by atoms with Crippen LogP contribution in [0.1, 0.15) is 11.3 Å². The van der Waals surface area contributed by atoms with E-state index < -0.39 is 0 Å². The van der Waals surface area contributed by atoms with E-state index in [4.69, 9.17) is 9.72 Å². The zero-order valence-corrected chi connectivity index (χ0v) is 19.3. The van der Waals surface area contributed by atoms with Crippen molar-refractivity contribution < 1.29 is 13.9 Å². The topological polar surface area (TPSA) is 63.5 Å². The van der Waals surface area contributed by atoms with Crippen LogP contribution < -0.4 is 9.64 Å². The van der Waals surface area contributed by atoms with Gasteiger partial charge in [-0.3, -0.25) is 4.79 Å². The van der Waals surface area contributed by atoms with Gasteiger partial charge < -0.3 is 14.5 Å². The van der Waals surface area contributed by atoms with E-state index in [9.17, 15) is 9.18 Å². The van der Waals surface area contributed by atoms with Gasteiger partial charge in [0, 0.05) is 26.2 Å². The van der Waals surface area contributed by atoms with Crippen LogP contribution in [0.3, 0.4) is 0 Å². The molecule has 0 saturated carbocycles. The summed E-state index contributed by atoms with van der Waals surface area (Å²) in [5.41, 5.74) is 3.40. The van der Waals surface area contributed by atoms with E-state index in [1.807, 2.05) is 36.1 Å². The zero-order chi connectivity index (χ0) is 22.9. The quantitative estimate of drug-likeness (QED) is 0.448. The average Bonchev–Trinajstić information content (AvgIpc) is 3.40. The fourth-order valence-electron chi connectivity index (χ4n) is 4.04. The number of fused-ring (bicyclic) bond motifs is 1. The number of anilines is 1. The second-order valence-electron chi connectivity index (χ2n) is 8.02. The smallest absolute Gasteiger partial charge is 0.227 e. The largest absolute Gasteiger partial charge is 0.497 e. The fraction of sp³-hybridized carbons (Fsp3) is 0.292. The summed E-state index contributed by atoms with van der Waals surface area (Å²) >= 11 is 1.61. The molecular weight excluding hydrogens is 441 g/mol. The van der Waals surface area contributed by atoms with E-state index in [0.29, 0.717) is 19.5 Å². The summed E-state index contributed by atoms with van der Waals surface area (Å²) < 4.78 is 21.4. The number of rotatable bonds is 5. The van der Waals surface area contributed by atoms with Crippen molar-refractivity contribution in [2.24, 2.45) is 0 Å². The highest BCUT2D eigenvalue weighted by atomic mass is 32.1. The Labute approximate surface area is 195 Å². The van der Waals surface area contributed by atoms with Crippen molar-refractivity contribution in [3.05, 3.63) is 65.6 Å². The van der Waals surface area contributed by atoms with Crippen LogP contribution in [-0.2, 0) is 11.2 Å². The Morgan fingerprint density at radius 2 is 1.88 bits per heavy atom. The number of carbonyl (C=O) groups excluding carboxylic acids is 1. The molecular formula is C24H24FN5O2S. The third kappa shape index (κ3) is 4.28. The van der Waals surface area contributed by atoms with Crippen LogP contribution in [-0.4, -0.2) is 58.9 Å². The minimum Gasteiger partial charge on any atom is -0.497 e. The molecule has 1 aliphatic rings. The van der Waals surface area contributed by atoms with Gasteiger partial charge in [0.1, 0.15) is 11.6 Å². The molecule has 1 fully saturated rings. The van der Waals surface area contributed by atoms with E-state index in [2.05, 4.69) is 10.00 Å². The standard InChI is InChI=1S/C24H24FN5O2S/c1-16-22-23(30(27-16)19-8-6-18(25)7-9-19)26-24(33-22)29-12-10-28(11-13-29)21(31)15-17-4-3-5-20(14-17)32-2/h3-9,14H,10-13,15H2,1-2H3. The molecule has 1 aliphatic heterocycles. The predicted molar refractivity (Wildman–Crippen MR) is 127 cm³/mol. The lowest BCUT2D eigenvalue weighted by Gasteiger charge is -2.34. The van der Waals surface area contributed by atoms with Gasteiger partial charge in [-0.2, -0.15) is 10.1 Å². The fourth-order valence-corrected chi connectivity index (χ4v) is 5.07. The molecule has 0 unspecified atom stereocenters. The molecule has 1 amide bonds. The molecule has 0 aliphatic carbocycles. The van der Waals surface area contributed by atoms with Crippen LogP contribution in [0, 0.1) is 12.7 Å². The van der Waals surface area contributed by atoms with E-state index in [1.54, 1.807) is 35.3 Å². The Bertz CT molecular complexity index is 1290. The molecule has 5 rings (SSSR count). The first kappa shape index (κ1) is 21.4. The number of aryl methyl sites for hydroxylation is 1. The maximum atomic E-state index is 13.3. The summed E-state index contributed by atoms with van der Waals surface area (Å²) in [6.45, 7) is 4.72. The number of methoxy groups -OCH3 is 1. The Hall–Kier alpha value is -3.46. The van der Waals surface area contributed by atoms with E-state index >= 15 is 0 Å². The molecule has 0 bridgehead atoms. The number of nitrogens with zero attached hydrogens (tertiary/aromatic N) is 5. The first-order valence-electron chi connectivity index (χ1n) is 10.8. The number of piperazine rings is 1. The number of halogens is 1. The molecule has 0 atom stereocenters. The number of benzene rings is 2. The molecule has 0 N–H and O–H groups in total. The molecule has 9 heteroatoms. The molecule has 4 aromatic rings. The lowest BCUT2D eigenvalue weighted by Crippen LogP contribution is -2.49. The number of amides is 1. The Kier molecular flexibility index (Phi) is 5.72. The highest BCUT2D eigenvalue weighted by Gasteiger charge is 2.25. The number of hydrogen-bond acceptors (Lipinski definition) is 6. The summed E-state index contributed by atoms with van der Waals surface area (Å²) in [6.07, 6.45) is 0.366. The number of thiazole rings is 1. The first-order chi connectivity index (χ1) is 16.0. The van der Waals surface area contributed by atoms with E-state index in [1.165, 1.54) is 12.1 Å². The van der Waals surface area contributed by atoms with Gasteiger partial charge in [0.15, 0.2) is 10.8 Å². The summed E-state index contributed by atoms with van der Waals surface area (Å²) in [6, 6.07) is 13.9. The van der Waals surface area contributed by atoms with Crippen LogP contribution in [0.4, 0.5) is 9.52 Å². The van der Waals surface area contributed by atoms with Gasteiger partial charge in [-0.1, -0.05) is 23.5 Å². The van der Waals surface area contributed by atoms with Crippen molar-refractivity contribution >= 4 is 32.7 Å². The van der Waals surface area contributed by atoms with Crippen molar-refractivity contribution in [3.8, 4) is 11.4 Å². The maximum Gasteiger partial charge on any atom is 0.227 e. The number of ether oxygens (including phenoxy) is 1. The third-order valence-electron chi connectivity index (χ3n) is 5.84. The Morgan fingerprint density at radius 3 is 2.61 bits per heavy atom. The van der Waals surface area contributed by atoms with Gasteiger partial charge in [-0.15, -0.1) is 0 Å². The molecule has 1 saturated heterocycles. The molecule has 33 heavy (non-hydrogen) atoms. The summed E-state index contributed by atoms with van der Waals surface area (Å²) in [5, 5.41) is 5.50. The van der Waals surface area contributed by atoms with E-state index in [-0.39, 0.29) is 11.7 Å². The average molecular weight is 466 g/mol. The molecule has 0 spiro atoms. The van der Waals surface area contributed by atoms with Gasteiger partial charge in [-0.05, 0) is 48.9 Å². The molecule has 170 valence electrons. The van der Waals surface area contributed by atoms with Crippen LogP contribution in [0.15, 0.2) is 48.5 Å². The van der Waals surface area contributed by atoms with Gasteiger partial charge in [0.2, 0.25) is 5.91 Å². The monoisotopic (exact) mass is 465 g/mol. The van der Waals surface area contributed by atoms with Gasteiger partial charge in [0.25, 0.3) is 0 Å². The minimum absolute atomic E-state index is 0.120. The molecule has 2 aromatic carbocycles. The normalized spacial score (nSPS) is 14.2. The SMILES string of the molecule is COc1cccc(CC(=O)N2CCN(c3nc4c(s3)c(C)nn4-c3ccc(F)cc3)CC2)c1. The van der Waals surface area contributed by atoms with Crippen LogP contribution in [0.5, 0.6) is 5.75 Å². The number of carbonyl (C=O) groups is 1. The molecule has 2 aromatic heterocycles. The van der Waals surface area contributed by atoms with E-state index in [0.717, 1.165) is 51.3 Å². The van der Waals surface area contributed by atoms with Gasteiger partial charge >= 0.3 is 0 Å². The van der Waals surface area contributed by atoms with Crippen molar-refractivity contribution in [2.45, 2.75) is 13.3 Å². The molecule has 0 radical (unpaired) electrons. The highest BCUT2D eigenvalue weighted by molar-refractivity contribution is 7.22. The lowest BCUT2D eigenvalue weighted by atomic mass is 10.1. The number of hydrogen-bond donors (Lipinski definition) is 0. The molecule has 3 heterocycles. The maximum absolute atomic E-state index is 13.3. The van der Waals surface area contributed by atoms with Crippen LogP contribution in [0.25, 0.3) is 16.0 Å². The van der Waals surface area contributed by atoms with Crippen molar-refractivity contribution in [2.75, 3.05) is 38.2 Å². The van der Waals surface area contributed by atoms with Crippen LogP contribution in [0.2, 0.25) is 0 Å². The zero-order valence-electron chi connectivity index (χ0n) is 18.5. The minimum atomic E-state index is -0.281.